The monoisotopic (exact) mass is 233 g/mol. The summed E-state index contributed by atoms with van der Waals surface area (Å²) in [4.78, 5) is 0. The van der Waals surface area contributed by atoms with Crippen LogP contribution in [-0.4, -0.2) is 12.1 Å². The van der Waals surface area contributed by atoms with E-state index < -0.39 is 0 Å². The Morgan fingerprint density at radius 1 is 1.24 bits per heavy atom. The van der Waals surface area contributed by atoms with E-state index >= 15 is 0 Å². The molecule has 17 heavy (non-hydrogen) atoms. The molecule has 2 N–H and O–H groups in total. The Labute approximate surface area is 104 Å². The fourth-order valence-corrected chi connectivity index (χ4v) is 2.70. The van der Waals surface area contributed by atoms with Crippen molar-refractivity contribution in [2.24, 2.45) is 5.73 Å². The van der Waals surface area contributed by atoms with Crippen molar-refractivity contribution < 1.29 is 4.74 Å². The summed E-state index contributed by atoms with van der Waals surface area (Å²) in [5, 5.41) is 0. The molecule has 1 unspecified atom stereocenters. The molecular weight excluding hydrogens is 210 g/mol. The Bertz CT molecular complexity index is 405. The summed E-state index contributed by atoms with van der Waals surface area (Å²) < 4.78 is 5.95. The van der Waals surface area contributed by atoms with Crippen LogP contribution in [0, 0.1) is 6.92 Å². The topological polar surface area (TPSA) is 35.2 Å². The molecule has 2 nitrogen and oxygen atoms in total. The Kier molecular flexibility index (Phi) is 3.17. The van der Waals surface area contributed by atoms with Crippen LogP contribution in [0.2, 0.25) is 0 Å². The average molecular weight is 233 g/mol. The molecule has 1 aromatic rings. The molecule has 0 aliphatic heterocycles. The molecule has 0 heterocycles. The Morgan fingerprint density at radius 3 is 2.35 bits per heavy atom. The summed E-state index contributed by atoms with van der Waals surface area (Å²) in [6, 6.07) is 6.49. The van der Waals surface area contributed by atoms with Crippen molar-refractivity contribution in [2.75, 3.05) is 0 Å². The number of benzene rings is 1. The van der Waals surface area contributed by atoms with Crippen LogP contribution in [0.5, 0.6) is 5.75 Å². The van der Waals surface area contributed by atoms with Gasteiger partial charge in [0.15, 0.2) is 0 Å². The lowest BCUT2D eigenvalue weighted by atomic mass is 9.85. The minimum Gasteiger partial charge on any atom is -0.491 e. The molecule has 0 aromatic heterocycles. The van der Waals surface area contributed by atoms with E-state index in [1.807, 2.05) is 0 Å². The minimum atomic E-state index is 0.162. The highest BCUT2D eigenvalue weighted by molar-refractivity contribution is 5.49. The number of aryl methyl sites for hydroxylation is 1. The van der Waals surface area contributed by atoms with E-state index in [1.54, 1.807) is 0 Å². The quantitative estimate of drug-likeness (QED) is 0.867. The lowest BCUT2D eigenvalue weighted by Crippen LogP contribution is -2.32. The Hall–Kier alpha value is -1.02. The van der Waals surface area contributed by atoms with Crippen molar-refractivity contribution in [3.05, 3.63) is 29.3 Å². The fourth-order valence-electron chi connectivity index (χ4n) is 2.70. The van der Waals surface area contributed by atoms with Crippen LogP contribution < -0.4 is 10.5 Å². The van der Waals surface area contributed by atoms with Gasteiger partial charge in [-0.2, -0.15) is 0 Å². The van der Waals surface area contributed by atoms with E-state index in [4.69, 9.17) is 10.5 Å². The highest BCUT2D eigenvalue weighted by Gasteiger charge is 2.49. The molecule has 1 fully saturated rings. The Morgan fingerprint density at radius 2 is 1.88 bits per heavy atom. The van der Waals surface area contributed by atoms with Gasteiger partial charge in [0.25, 0.3) is 0 Å². The van der Waals surface area contributed by atoms with Crippen molar-refractivity contribution in [1.82, 2.24) is 0 Å². The lowest BCUT2D eigenvalue weighted by molar-refractivity contribution is 0.237. The first kappa shape index (κ1) is 12.4. The number of nitrogens with two attached hydrogens (primary N) is 1. The molecule has 0 spiro atoms. The standard InChI is InChI=1S/C15H23NO/c1-10(2)17-13-7-5-6-11(3)14(13)15(8-9-15)12(4)16/h5-7,10,12H,8-9,16H2,1-4H3. The number of rotatable bonds is 4. The summed E-state index contributed by atoms with van der Waals surface area (Å²) in [5.74, 6) is 1.02. The molecule has 1 aliphatic carbocycles. The van der Waals surface area contributed by atoms with Gasteiger partial charge in [0.1, 0.15) is 5.75 Å². The van der Waals surface area contributed by atoms with E-state index in [0.717, 1.165) is 5.75 Å². The average Bonchev–Trinajstić information content (AvgIpc) is 2.97. The zero-order valence-electron chi connectivity index (χ0n) is 11.3. The largest absolute Gasteiger partial charge is 0.491 e. The van der Waals surface area contributed by atoms with E-state index in [9.17, 15) is 0 Å². The van der Waals surface area contributed by atoms with Crippen molar-refractivity contribution >= 4 is 0 Å². The van der Waals surface area contributed by atoms with Gasteiger partial charge in [-0.1, -0.05) is 12.1 Å². The third kappa shape index (κ3) is 2.19. The van der Waals surface area contributed by atoms with Gasteiger partial charge in [-0.25, -0.2) is 0 Å². The summed E-state index contributed by atoms with van der Waals surface area (Å²) in [6.07, 6.45) is 2.58. The molecule has 1 aromatic carbocycles. The normalized spacial score (nSPS) is 19.2. The number of ether oxygens (including phenoxy) is 1. The fraction of sp³-hybridized carbons (Fsp3) is 0.600. The maximum atomic E-state index is 6.18. The predicted octanol–water partition coefficient (Wildman–Crippen LogP) is 3.16. The second kappa shape index (κ2) is 4.34. The van der Waals surface area contributed by atoms with E-state index in [1.165, 1.54) is 24.0 Å². The second-order valence-electron chi connectivity index (χ2n) is 5.56. The minimum absolute atomic E-state index is 0.162. The molecule has 0 bridgehead atoms. The SMILES string of the molecule is Cc1cccc(OC(C)C)c1C1(C(C)N)CC1. The van der Waals surface area contributed by atoms with Gasteiger partial charge in [0.2, 0.25) is 0 Å². The zero-order valence-corrected chi connectivity index (χ0v) is 11.3. The third-order valence-corrected chi connectivity index (χ3v) is 3.76. The second-order valence-corrected chi connectivity index (χ2v) is 5.56. The number of hydrogen-bond donors (Lipinski definition) is 1. The third-order valence-electron chi connectivity index (χ3n) is 3.76. The molecular formula is C15H23NO. The zero-order chi connectivity index (χ0) is 12.6. The maximum absolute atomic E-state index is 6.18. The van der Waals surface area contributed by atoms with Crippen LogP contribution in [-0.2, 0) is 5.41 Å². The van der Waals surface area contributed by atoms with Crippen LogP contribution in [0.4, 0.5) is 0 Å². The number of hydrogen-bond acceptors (Lipinski definition) is 2. The van der Waals surface area contributed by atoms with Crippen molar-refractivity contribution in [1.29, 1.82) is 0 Å². The summed E-state index contributed by atoms with van der Waals surface area (Å²) in [6.45, 7) is 8.40. The summed E-state index contributed by atoms with van der Waals surface area (Å²) in [5.41, 5.74) is 8.98. The molecule has 2 heteroatoms. The van der Waals surface area contributed by atoms with Gasteiger partial charge >= 0.3 is 0 Å². The van der Waals surface area contributed by atoms with Gasteiger partial charge in [-0.05, 0) is 52.2 Å². The summed E-state index contributed by atoms with van der Waals surface area (Å²) >= 11 is 0. The smallest absolute Gasteiger partial charge is 0.123 e. The van der Waals surface area contributed by atoms with Gasteiger partial charge in [-0.15, -0.1) is 0 Å². The Balaban J connectivity index is 2.45. The van der Waals surface area contributed by atoms with Crippen molar-refractivity contribution in [3.63, 3.8) is 0 Å². The maximum Gasteiger partial charge on any atom is 0.123 e. The highest BCUT2D eigenvalue weighted by atomic mass is 16.5. The van der Waals surface area contributed by atoms with Crippen LogP contribution in [0.25, 0.3) is 0 Å². The van der Waals surface area contributed by atoms with Crippen molar-refractivity contribution in [2.45, 2.75) is 58.1 Å². The molecule has 2 rings (SSSR count). The first-order valence-electron chi connectivity index (χ1n) is 6.50. The van der Waals surface area contributed by atoms with E-state index in [0.29, 0.717) is 0 Å². The molecule has 0 saturated heterocycles. The first-order chi connectivity index (χ1) is 7.97. The molecule has 0 radical (unpaired) electrons. The molecule has 94 valence electrons. The first-order valence-corrected chi connectivity index (χ1v) is 6.50. The van der Waals surface area contributed by atoms with Crippen LogP contribution in [0.15, 0.2) is 18.2 Å². The van der Waals surface area contributed by atoms with Crippen LogP contribution in [0.3, 0.4) is 0 Å². The van der Waals surface area contributed by atoms with Gasteiger partial charge in [0, 0.05) is 17.0 Å². The highest BCUT2D eigenvalue weighted by Crippen LogP contribution is 2.54. The van der Waals surface area contributed by atoms with Gasteiger partial charge in [-0.3, -0.25) is 0 Å². The molecule has 1 saturated carbocycles. The van der Waals surface area contributed by atoms with E-state index in [-0.39, 0.29) is 17.6 Å². The van der Waals surface area contributed by atoms with Crippen molar-refractivity contribution in [3.8, 4) is 5.75 Å². The van der Waals surface area contributed by atoms with Gasteiger partial charge in [0.05, 0.1) is 6.10 Å². The molecule has 1 atom stereocenters. The predicted molar refractivity (Wildman–Crippen MR) is 71.5 cm³/mol. The van der Waals surface area contributed by atoms with E-state index in [2.05, 4.69) is 45.9 Å². The summed E-state index contributed by atoms with van der Waals surface area (Å²) in [7, 11) is 0. The van der Waals surface area contributed by atoms with Gasteiger partial charge < -0.3 is 10.5 Å². The lowest BCUT2D eigenvalue weighted by Gasteiger charge is -2.26. The molecule has 1 aliphatic rings. The van der Waals surface area contributed by atoms with Crippen LogP contribution >= 0.6 is 0 Å². The van der Waals surface area contributed by atoms with Crippen LogP contribution in [0.1, 0.15) is 44.7 Å². The molecule has 0 amide bonds.